The number of nitrogens with zero attached hydrogens (tertiary/aromatic N) is 3. The van der Waals surface area contributed by atoms with Crippen molar-refractivity contribution in [2.75, 3.05) is 0 Å². The monoisotopic (exact) mass is 345 g/mol. The Morgan fingerprint density at radius 1 is 1.17 bits per heavy atom. The van der Waals surface area contributed by atoms with Gasteiger partial charge in [0.1, 0.15) is 0 Å². The summed E-state index contributed by atoms with van der Waals surface area (Å²) in [5.74, 6) is 0. The Bertz CT molecular complexity index is 891. The predicted molar refractivity (Wildman–Crippen MR) is 93.3 cm³/mol. The van der Waals surface area contributed by atoms with E-state index in [9.17, 15) is 4.79 Å². The summed E-state index contributed by atoms with van der Waals surface area (Å²) in [6.45, 7) is 7.39. The Morgan fingerprint density at radius 2 is 1.92 bits per heavy atom. The van der Waals surface area contributed by atoms with Crippen LogP contribution in [-0.4, -0.2) is 32.3 Å². The van der Waals surface area contributed by atoms with Gasteiger partial charge in [0, 0.05) is 5.39 Å². The number of hydrogen-bond acceptors (Lipinski definition) is 6. The lowest BCUT2D eigenvalue weighted by Crippen LogP contribution is -2.17. The number of benzene rings is 1. The maximum atomic E-state index is 11.6. The van der Waals surface area contributed by atoms with Crippen LogP contribution in [0.1, 0.15) is 26.3 Å². The van der Waals surface area contributed by atoms with E-state index >= 15 is 0 Å². The molecule has 0 unspecified atom stereocenters. The molecule has 0 radical (unpaired) electrons. The van der Waals surface area contributed by atoms with Crippen LogP contribution in [0.2, 0.25) is 0 Å². The van der Waals surface area contributed by atoms with Crippen molar-refractivity contribution in [2.24, 2.45) is 0 Å². The van der Waals surface area contributed by atoms with Gasteiger partial charge in [0.2, 0.25) is 0 Å². The van der Waals surface area contributed by atoms with Crippen molar-refractivity contribution >= 4 is 34.5 Å². The fourth-order valence-corrected chi connectivity index (χ4v) is 3.29. The summed E-state index contributed by atoms with van der Waals surface area (Å²) in [4.78, 5) is 11.6. The van der Waals surface area contributed by atoms with Crippen molar-refractivity contribution in [1.82, 2.24) is 14.6 Å². The minimum atomic E-state index is -0.681. The Kier molecular flexibility index (Phi) is 4.62. The van der Waals surface area contributed by atoms with Gasteiger partial charge in [-0.1, -0.05) is 18.2 Å². The van der Waals surface area contributed by atoms with Crippen LogP contribution in [0.3, 0.4) is 0 Å². The van der Waals surface area contributed by atoms with E-state index in [0.717, 1.165) is 22.1 Å². The van der Waals surface area contributed by atoms with Gasteiger partial charge in [-0.05, 0) is 57.2 Å². The molecule has 2 aromatic heterocycles. The first-order valence-electron chi connectivity index (χ1n) is 7.73. The normalized spacial score (nSPS) is 12.7. The lowest BCUT2D eigenvalue weighted by Gasteiger charge is -2.14. The van der Waals surface area contributed by atoms with E-state index in [4.69, 9.17) is 9.47 Å². The van der Waals surface area contributed by atoms with Gasteiger partial charge in [0.05, 0.1) is 11.6 Å². The molecule has 126 valence electrons. The minimum absolute atomic E-state index is 0.212. The summed E-state index contributed by atoms with van der Waals surface area (Å²) in [7, 11) is 0. The Morgan fingerprint density at radius 3 is 2.67 bits per heavy atom. The first kappa shape index (κ1) is 16.6. The maximum absolute atomic E-state index is 11.6. The number of ether oxygens (including phenoxy) is 2. The Labute approximate surface area is 144 Å². The van der Waals surface area contributed by atoms with Crippen LogP contribution < -0.4 is 0 Å². The highest BCUT2D eigenvalue weighted by molar-refractivity contribution is 7.99. The van der Waals surface area contributed by atoms with Crippen LogP contribution in [0.4, 0.5) is 4.79 Å². The van der Waals surface area contributed by atoms with E-state index in [1.165, 1.54) is 11.8 Å². The van der Waals surface area contributed by atoms with E-state index in [1.807, 2.05) is 28.7 Å². The molecule has 0 spiro atoms. The van der Waals surface area contributed by atoms with Crippen LogP contribution in [0.15, 0.2) is 35.5 Å². The molecule has 0 fully saturated rings. The van der Waals surface area contributed by atoms with Crippen molar-refractivity contribution < 1.29 is 14.3 Å². The van der Waals surface area contributed by atoms with Crippen LogP contribution in [0.5, 0.6) is 0 Å². The van der Waals surface area contributed by atoms with Crippen molar-refractivity contribution in [1.29, 1.82) is 0 Å². The van der Waals surface area contributed by atoms with Gasteiger partial charge >= 0.3 is 6.16 Å². The predicted octanol–water partition coefficient (Wildman–Crippen LogP) is 4.19. The molecule has 0 aliphatic rings. The zero-order chi connectivity index (χ0) is 17.3. The Balaban J connectivity index is 1.90. The number of para-hydroxylation sites is 1. The molecule has 0 aliphatic heterocycles. The van der Waals surface area contributed by atoms with Crippen LogP contribution >= 0.6 is 11.8 Å². The average Bonchev–Trinajstić information content (AvgIpc) is 2.89. The van der Waals surface area contributed by atoms with Crippen LogP contribution in [0, 0.1) is 6.92 Å². The number of pyridine rings is 1. The van der Waals surface area contributed by atoms with Gasteiger partial charge in [-0.25, -0.2) is 4.79 Å². The second-order valence-corrected chi connectivity index (χ2v) is 7.01. The van der Waals surface area contributed by atoms with Crippen LogP contribution in [-0.2, 0) is 9.47 Å². The third-order valence-corrected chi connectivity index (χ3v) is 4.34. The molecule has 24 heavy (non-hydrogen) atoms. The molecule has 3 rings (SSSR count). The van der Waals surface area contributed by atoms with Crippen molar-refractivity contribution in [2.45, 2.75) is 44.4 Å². The molecule has 0 saturated carbocycles. The van der Waals surface area contributed by atoms with Gasteiger partial charge in [0.15, 0.2) is 16.2 Å². The number of thioether (sulfide) groups is 1. The molecule has 3 aromatic rings. The largest absolute Gasteiger partial charge is 0.509 e. The first-order valence-corrected chi connectivity index (χ1v) is 8.61. The summed E-state index contributed by atoms with van der Waals surface area (Å²) in [5, 5.41) is 10.3. The van der Waals surface area contributed by atoms with E-state index in [0.29, 0.717) is 5.16 Å². The van der Waals surface area contributed by atoms with Crippen molar-refractivity contribution in [3.63, 3.8) is 0 Å². The van der Waals surface area contributed by atoms with E-state index in [-0.39, 0.29) is 6.10 Å². The SMILES string of the molecule is Cc1cc2nnc(S[C@@H](C)OC(=O)OC(C)C)n2c2ccccc12. The number of aromatic nitrogens is 3. The molecule has 0 amide bonds. The molecule has 1 aromatic carbocycles. The van der Waals surface area contributed by atoms with E-state index in [1.54, 1.807) is 20.8 Å². The second-order valence-electron chi connectivity index (χ2n) is 5.74. The number of aryl methyl sites for hydroxylation is 1. The quantitative estimate of drug-likeness (QED) is 0.401. The standard InChI is InChI=1S/C17H19N3O3S/c1-10(2)22-17(21)23-12(4)24-16-19-18-15-9-11(3)13-7-5-6-8-14(13)20(15)16/h5-10,12H,1-4H3/t12-/m0/s1. The fourth-order valence-electron chi connectivity index (χ4n) is 2.48. The van der Waals surface area contributed by atoms with Gasteiger partial charge in [-0.15, -0.1) is 10.2 Å². The molecule has 0 bridgehead atoms. The molecular weight excluding hydrogens is 326 g/mol. The van der Waals surface area contributed by atoms with E-state index in [2.05, 4.69) is 23.2 Å². The number of carbonyl (C=O) groups is 1. The smallest absolute Gasteiger partial charge is 0.432 e. The van der Waals surface area contributed by atoms with Crippen molar-refractivity contribution in [3.05, 3.63) is 35.9 Å². The van der Waals surface area contributed by atoms with Gasteiger partial charge < -0.3 is 9.47 Å². The second kappa shape index (κ2) is 6.68. The van der Waals surface area contributed by atoms with Gasteiger partial charge in [-0.3, -0.25) is 4.40 Å². The first-order chi connectivity index (χ1) is 11.5. The maximum Gasteiger partial charge on any atom is 0.509 e. The highest BCUT2D eigenvalue weighted by atomic mass is 32.2. The number of carbonyl (C=O) groups excluding carboxylic acids is 1. The summed E-state index contributed by atoms with van der Waals surface area (Å²) in [6.07, 6.45) is -0.893. The summed E-state index contributed by atoms with van der Waals surface area (Å²) >= 11 is 1.32. The highest BCUT2D eigenvalue weighted by Crippen LogP contribution is 2.28. The lowest BCUT2D eigenvalue weighted by molar-refractivity contribution is 0.0311. The summed E-state index contributed by atoms with van der Waals surface area (Å²) in [5.41, 5.74) is 2.50. The molecule has 2 heterocycles. The van der Waals surface area contributed by atoms with Crippen molar-refractivity contribution in [3.8, 4) is 0 Å². The molecule has 0 N–H and O–H groups in total. The lowest BCUT2D eigenvalue weighted by atomic mass is 10.1. The third-order valence-electron chi connectivity index (χ3n) is 3.44. The molecular formula is C17H19N3O3S. The molecule has 6 nitrogen and oxygen atoms in total. The van der Waals surface area contributed by atoms with E-state index < -0.39 is 11.6 Å². The molecule has 0 aliphatic carbocycles. The number of hydrogen-bond donors (Lipinski definition) is 0. The zero-order valence-electron chi connectivity index (χ0n) is 14.0. The molecule has 7 heteroatoms. The fraction of sp³-hybridized carbons (Fsp3) is 0.353. The highest BCUT2D eigenvalue weighted by Gasteiger charge is 2.18. The molecule has 0 saturated heterocycles. The van der Waals surface area contributed by atoms with Crippen LogP contribution in [0.25, 0.3) is 16.6 Å². The zero-order valence-corrected chi connectivity index (χ0v) is 14.8. The Hall–Kier alpha value is -2.28. The summed E-state index contributed by atoms with van der Waals surface area (Å²) < 4.78 is 12.2. The van der Waals surface area contributed by atoms with Gasteiger partial charge in [0.25, 0.3) is 0 Å². The topological polar surface area (TPSA) is 65.7 Å². The minimum Gasteiger partial charge on any atom is -0.432 e. The summed E-state index contributed by atoms with van der Waals surface area (Å²) in [6, 6.07) is 10.1. The average molecular weight is 345 g/mol. The third kappa shape index (κ3) is 3.31. The number of fused-ring (bicyclic) bond motifs is 3. The molecule has 1 atom stereocenters. The number of rotatable bonds is 4. The van der Waals surface area contributed by atoms with Gasteiger partial charge in [-0.2, -0.15) is 0 Å².